The summed E-state index contributed by atoms with van der Waals surface area (Å²) in [5.74, 6) is 1.27. The van der Waals surface area contributed by atoms with Crippen LogP contribution in [0.3, 0.4) is 0 Å². The maximum Gasteiger partial charge on any atom is 0.242 e. The van der Waals surface area contributed by atoms with E-state index in [1.807, 2.05) is 44.0 Å². The highest BCUT2D eigenvalue weighted by Crippen LogP contribution is 2.30. The number of piperazine rings is 1. The fraction of sp³-hybridized carbons (Fsp3) is 0.353. The first-order valence-electron chi connectivity index (χ1n) is 8.23. The van der Waals surface area contributed by atoms with Crippen LogP contribution in [0.1, 0.15) is 12.6 Å². The predicted octanol–water partition coefficient (Wildman–Crippen LogP) is 1.06. The Morgan fingerprint density at radius 1 is 1.28 bits per heavy atom. The highest BCUT2D eigenvalue weighted by Gasteiger charge is 2.30. The summed E-state index contributed by atoms with van der Waals surface area (Å²) in [6, 6.07) is 5.33. The molecule has 1 amide bonds. The second kappa shape index (κ2) is 5.80. The molecule has 3 aromatic heterocycles. The van der Waals surface area contributed by atoms with Crippen molar-refractivity contribution in [2.45, 2.75) is 19.9 Å². The third-order valence-electron chi connectivity index (χ3n) is 4.50. The van der Waals surface area contributed by atoms with E-state index in [4.69, 9.17) is 4.98 Å². The molecule has 0 aliphatic carbocycles. The number of amides is 1. The van der Waals surface area contributed by atoms with E-state index in [1.165, 1.54) is 0 Å². The average Bonchev–Trinajstić information content (AvgIpc) is 2.92. The van der Waals surface area contributed by atoms with Gasteiger partial charge in [0.1, 0.15) is 17.6 Å². The summed E-state index contributed by atoms with van der Waals surface area (Å²) in [5.41, 5.74) is 2.28. The topological polar surface area (TPSA) is 88.8 Å². The van der Waals surface area contributed by atoms with E-state index in [0.717, 1.165) is 22.5 Å². The zero-order valence-corrected chi connectivity index (χ0v) is 14.4. The molecular formula is C17H19N7O. The van der Waals surface area contributed by atoms with Crippen molar-refractivity contribution in [3.63, 3.8) is 0 Å². The Morgan fingerprint density at radius 3 is 2.88 bits per heavy atom. The summed E-state index contributed by atoms with van der Waals surface area (Å²) < 4.78 is 1.75. The number of fused-ring (bicyclic) bond motifs is 1. The fourth-order valence-corrected chi connectivity index (χ4v) is 3.21. The number of hydrogen-bond donors (Lipinski definition) is 1. The van der Waals surface area contributed by atoms with Gasteiger partial charge in [-0.1, -0.05) is 6.07 Å². The lowest BCUT2D eigenvalue weighted by Crippen LogP contribution is -2.54. The molecule has 4 heterocycles. The molecule has 8 nitrogen and oxygen atoms in total. The number of carbonyl (C=O) groups is 1. The molecule has 1 saturated heterocycles. The van der Waals surface area contributed by atoms with Gasteiger partial charge < -0.3 is 10.2 Å². The number of carbonyl (C=O) groups excluding carboxylic acids is 1. The molecule has 1 atom stereocenters. The Kier molecular flexibility index (Phi) is 3.60. The Balaban J connectivity index is 1.96. The van der Waals surface area contributed by atoms with E-state index in [2.05, 4.69) is 20.4 Å². The van der Waals surface area contributed by atoms with E-state index < -0.39 is 0 Å². The monoisotopic (exact) mass is 337 g/mol. The summed E-state index contributed by atoms with van der Waals surface area (Å²) in [4.78, 5) is 27.9. The van der Waals surface area contributed by atoms with Crippen LogP contribution in [0.15, 0.2) is 24.4 Å². The minimum Gasteiger partial charge on any atom is -0.353 e. The maximum atomic E-state index is 12.1. The molecular weight excluding hydrogens is 318 g/mol. The molecule has 1 N–H and O–H groups in total. The van der Waals surface area contributed by atoms with Crippen molar-refractivity contribution >= 4 is 22.8 Å². The number of aromatic nitrogens is 5. The van der Waals surface area contributed by atoms with Crippen molar-refractivity contribution < 1.29 is 4.79 Å². The van der Waals surface area contributed by atoms with Gasteiger partial charge in [-0.2, -0.15) is 5.10 Å². The normalized spacial score (nSPS) is 17.8. The molecule has 0 saturated carbocycles. The van der Waals surface area contributed by atoms with Gasteiger partial charge in [0, 0.05) is 26.3 Å². The van der Waals surface area contributed by atoms with Crippen LogP contribution in [0, 0.1) is 6.92 Å². The van der Waals surface area contributed by atoms with Crippen molar-refractivity contribution in [1.29, 1.82) is 0 Å². The number of nitrogens with zero attached hydrogens (tertiary/aromatic N) is 6. The number of pyridine rings is 1. The standard InChI is InChI=1S/C17H19N7O/c1-10-13-15(23(3)22-10)20-14(12-6-4-5-7-18-12)21-16(13)24-9-8-19-17(25)11(24)2/h4-7,11H,8-9H2,1-3H3,(H,19,25). The third-order valence-corrected chi connectivity index (χ3v) is 4.50. The van der Waals surface area contributed by atoms with Crippen LogP contribution in [-0.4, -0.2) is 49.8 Å². The SMILES string of the molecule is Cc1nn(C)c2nc(-c3ccccn3)nc(N3CCNC(=O)C3C)c12. The first-order chi connectivity index (χ1) is 12.1. The predicted molar refractivity (Wildman–Crippen MR) is 94.1 cm³/mol. The van der Waals surface area contributed by atoms with E-state index in [0.29, 0.717) is 24.6 Å². The second-order valence-electron chi connectivity index (χ2n) is 6.15. The van der Waals surface area contributed by atoms with Crippen LogP contribution in [0.5, 0.6) is 0 Å². The number of rotatable bonds is 2. The zero-order valence-electron chi connectivity index (χ0n) is 14.4. The molecule has 128 valence electrons. The van der Waals surface area contributed by atoms with Gasteiger partial charge in [-0.05, 0) is 26.0 Å². The van der Waals surface area contributed by atoms with Gasteiger partial charge >= 0.3 is 0 Å². The van der Waals surface area contributed by atoms with Crippen LogP contribution < -0.4 is 10.2 Å². The van der Waals surface area contributed by atoms with Gasteiger partial charge in [-0.15, -0.1) is 0 Å². The zero-order chi connectivity index (χ0) is 17.6. The van der Waals surface area contributed by atoms with Crippen LogP contribution in [0.4, 0.5) is 5.82 Å². The Hall–Kier alpha value is -3.03. The highest BCUT2D eigenvalue weighted by molar-refractivity contribution is 5.94. The Morgan fingerprint density at radius 2 is 2.12 bits per heavy atom. The molecule has 25 heavy (non-hydrogen) atoms. The van der Waals surface area contributed by atoms with Crippen molar-refractivity contribution in [2.24, 2.45) is 7.05 Å². The van der Waals surface area contributed by atoms with E-state index in [9.17, 15) is 4.79 Å². The van der Waals surface area contributed by atoms with Crippen molar-refractivity contribution in [1.82, 2.24) is 30.0 Å². The van der Waals surface area contributed by atoms with Gasteiger partial charge in [0.2, 0.25) is 5.91 Å². The molecule has 1 unspecified atom stereocenters. The Labute approximate surface area is 144 Å². The van der Waals surface area contributed by atoms with E-state index >= 15 is 0 Å². The fourth-order valence-electron chi connectivity index (χ4n) is 3.21. The smallest absolute Gasteiger partial charge is 0.242 e. The first kappa shape index (κ1) is 15.5. The largest absolute Gasteiger partial charge is 0.353 e. The summed E-state index contributed by atoms with van der Waals surface area (Å²) >= 11 is 0. The van der Waals surface area contributed by atoms with Gasteiger partial charge in [0.25, 0.3) is 0 Å². The number of aryl methyl sites for hydroxylation is 2. The van der Waals surface area contributed by atoms with Crippen molar-refractivity contribution in [3.8, 4) is 11.5 Å². The van der Waals surface area contributed by atoms with Crippen molar-refractivity contribution in [2.75, 3.05) is 18.0 Å². The van der Waals surface area contributed by atoms with Gasteiger partial charge in [-0.25, -0.2) is 9.97 Å². The van der Waals surface area contributed by atoms with Crippen LogP contribution >= 0.6 is 0 Å². The molecule has 0 radical (unpaired) electrons. The number of nitrogens with one attached hydrogen (secondary N) is 1. The van der Waals surface area contributed by atoms with Gasteiger partial charge in [0.15, 0.2) is 11.5 Å². The van der Waals surface area contributed by atoms with Crippen LogP contribution in [0.25, 0.3) is 22.6 Å². The summed E-state index contributed by atoms with van der Waals surface area (Å²) in [5, 5.41) is 8.26. The molecule has 4 rings (SSSR count). The quantitative estimate of drug-likeness (QED) is 0.752. The number of anilines is 1. The Bertz CT molecular complexity index is 951. The summed E-state index contributed by atoms with van der Waals surface area (Å²) in [7, 11) is 1.86. The lowest BCUT2D eigenvalue weighted by atomic mass is 10.1. The second-order valence-corrected chi connectivity index (χ2v) is 6.15. The summed E-state index contributed by atoms with van der Waals surface area (Å²) in [6.07, 6.45) is 1.72. The van der Waals surface area contributed by atoms with Gasteiger partial charge in [0.05, 0.1) is 11.1 Å². The molecule has 0 aromatic carbocycles. The minimum absolute atomic E-state index is 0.000980. The molecule has 1 aliphatic rings. The first-order valence-corrected chi connectivity index (χ1v) is 8.23. The van der Waals surface area contributed by atoms with Crippen molar-refractivity contribution in [3.05, 3.63) is 30.1 Å². The molecule has 8 heteroatoms. The van der Waals surface area contributed by atoms with Gasteiger partial charge in [-0.3, -0.25) is 14.5 Å². The van der Waals surface area contributed by atoms with Crippen LogP contribution in [-0.2, 0) is 11.8 Å². The lowest BCUT2D eigenvalue weighted by Gasteiger charge is -2.34. The molecule has 0 bridgehead atoms. The summed E-state index contributed by atoms with van der Waals surface area (Å²) in [6.45, 7) is 5.10. The molecule has 0 spiro atoms. The third kappa shape index (κ3) is 2.50. The molecule has 3 aromatic rings. The average molecular weight is 337 g/mol. The molecule has 1 aliphatic heterocycles. The number of hydrogen-bond acceptors (Lipinski definition) is 6. The minimum atomic E-state index is -0.303. The molecule has 1 fully saturated rings. The lowest BCUT2D eigenvalue weighted by molar-refractivity contribution is -0.122. The maximum absolute atomic E-state index is 12.1. The van der Waals surface area contributed by atoms with E-state index in [1.54, 1.807) is 10.9 Å². The van der Waals surface area contributed by atoms with E-state index in [-0.39, 0.29) is 11.9 Å². The van der Waals surface area contributed by atoms with Crippen LogP contribution in [0.2, 0.25) is 0 Å². The highest BCUT2D eigenvalue weighted by atomic mass is 16.2.